The van der Waals surface area contributed by atoms with Gasteiger partial charge in [0.15, 0.2) is 11.2 Å². The minimum atomic E-state index is -0.535. The average Bonchev–Trinajstić information content (AvgIpc) is 3.18. The second kappa shape index (κ2) is 7.63. The molecule has 0 atom stereocenters. The fraction of sp³-hybridized carbons (Fsp3) is 0.261. The van der Waals surface area contributed by atoms with Crippen LogP contribution >= 0.6 is 11.6 Å². The number of fused-ring (bicyclic) bond motifs is 2. The van der Waals surface area contributed by atoms with E-state index in [1.54, 1.807) is 23.7 Å². The number of hydrogen-bond acceptors (Lipinski definition) is 4. The van der Waals surface area contributed by atoms with Crippen LogP contribution in [-0.2, 0) is 33.6 Å². The van der Waals surface area contributed by atoms with Gasteiger partial charge in [0.05, 0.1) is 11.6 Å². The Balaban J connectivity index is 1.74. The van der Waals surface area contributed by atoms with Gasteiger partial charge in [0.1, 0.15) is 5.82 Å². The van der Waals surface area contributed by atoms with E-state index in [-0.39, 0.29) is 22.7 Å². The Hall–Kier alpha value is -3.39. The molecule has 0 amide bonds. The van der Waals surface area contributed by atoms with Crippen molar-refractivity contribution in [1.29, 1.82) is 0 Å². The molecule has 5 rings (SSSR count). The van der Waals surface area contributed by atoms with Crippen LogP contribution < -0.4 is 16.1 Å². The second-order valence-electron chi connectivity index (χ2n) is 8.03. The van der Waals surface area contributed by atoms with Crippen LogP contribution in [0.1, 0.15) is 16.7 Å². The van der Waals surface area contributed by atoms with Crippen molar-refractivity contribution in [3.63, 3.8) is 0 Å². The van der Waals surface area contributed by atoms with Crippen LogP contribution in [0.25, 0.3) is 11.2 Å². The van der Waals surface area contributed by atoms with Crippen LogP contribution in [0.3, 0.4) is 0 Å². The minimum Gasteiger partial charge on any atom is -0.337 e. The van der Waals surface area contributed by atoms with Crippen LogP contribution in [0.4, 0.5) is 10.3 Å². The van der Waals surface area contributed by atoms with E-state index in [1.807, 2.05) is 12.1 Å². The van der Waals surface area contributed by atoms with Crippen molar-refractivity contribution in [2.45, 2.75) is 19.5 Å². The van der Waals surface area contributed by atoms with Crippen molar-refractivity contribution in [3.05, 3.63) is 90.8 Å². The molecule has 1 aliphatic rings. The van der Waals surface area contributed by atoms with Crippen LogP contribution in [0, 0.1) is 5.82 Å². The van der Waals surface area contributed by atoms with Crippen molar-refractivity contribution in [3.8, 4) is 0 Å². The lowest BCUT2D eigenvalue weighted by Crippen LogP contribution is -2.37. The molecule has 7 nitrogen and oxygen atoms in total. The summed E-state index contributed by atoms with van der Waals surface area (Å²) in [6, 6.07) is 13.0. The topological polar surface area (TPSA) is 65.1 Å². The average molecular weight is 454 g/mol. The van der Waals surface area contributed by atoms with Crippen LogP contribution in [0.15, 0.2) is 52.1 Å². The first-order valence-corrected chi connectivity index (χ1v) is 10.7. The summed E-state index contributed by atoms with van der Waals surface area (Å²) < 4.78 is 18.9. The summed E-state index contributed by atoms with van der Waals surface area (Å²) in [6.45, 7) is 1.35. The first-order valence-electron chi connectivity index (χ1n) is 10.3. The highest BCUT2D eigenvalue weighted by atomic mass is 35.5. The summed E-state index contributed by atoms with van der Waals surface area (Å²) in [5.41, 5.74) is 2.38. The normalized spacial score (nSPS) is 13.6. The summed E-state index contributed by atoms with van der Waals surface area (Å²) in [5, 5.41) is 0.0145. The molecule has 0 spiro atoms. The molecule has 0 bridgehead atoms. The number of rotatable bonds is 3. The number of benzene rings is 2. The van der Waals surface area contributed by atoms with Gasteiger partial charge in [-0.05, 0) is 23.6 Å². The molecule has 0 fully saturated rings. The number of anilines is 1. The molecule has 1 aliphatic heterocycles. The lowest BCUT2D eigenvalue weighted by molar-refractivity contribution is 0.597. The lowest BCUT2D eigenvalue weighted by Gasteiger charge is -2.30. The summed E-state index contributed by atoms with van der Waals surface area (Å²) in [4.78, 5) is 32.4. The molecule has 2 aromatic carbocycles. The third kappa shape index (κ3) is 3.14. The summed E-state index contributed by atoms with van der Waals surface area (Å²) >= 11 is 6.00. The fourth-order valence-electron chi connectivity index (χ4n) is 4.33. The van der Waals surface area contributed by atoms with E-state index in [2.05, 4.69) is 17.0 Å². The molecule has 0 saturated carbocycles. The maximum Gasteiger partial charge on any atom is 0.332 e. The Morgan fingerprint density at radius 2 is 1.78 bits per heavy atom. The van der Waals surface area contributed by atoms with Gasteiger partial charge in [-0.2, -0.15) is 4.98 Å². The van der Waals surface area contributed by atoms with Gasteiger partial charge in [-0.25, -0.2) is 9.18 Å². The van der Waals surface area contributed by atoms with Gasteiger partial charge in [0.2, 0.25) is 5.95 Å². The fourth-order valence-corrected chi connectivity index (χ4v) is 4.53. The first kappa shape index (κ1) is 20.5. The van der Waals surface area contributed by atoms with E-state index in [4.69, 9.17) is 16.6 Å². The van der Waals surface area contributed by atoms with Gasteiger partial charge < -0.3 is 4.90 Å². The van der Waals surface area contributed by atoms with Gasteiger partial charge in [0.25, 0.3) is 5.56 Å². The lowest BCUT2D eigenvalue weighted by atomic mass is 10.0. The molecule has 3 heterocycles. The molecule has 32 heavy (non-hydrogen) atoms. The van der Waals surface area contributed by atoms with Gasteiger partial charge >= 0.3 is 5.69 Å². The van der Waals surface area contributed by atoms with Gasteiger partial charge in [-0.15, -0.1) is 0 Å². The molecule has 4 aromatic rings. The largest absolute Gasteiger partial charge is 0.337 e. The zero-order valence-corrected chi connectivity index (χ0v) is 18.4. The molecule has 0 N–H and O–H groups in total. The Labute approximate surface area is 187 Å². The Morgan fingerprint density at radius 1 is 1.03 bits per heavy atom. The van der Waals surface area contributed by atoms with Gasteiger partial charge in [0, 0.05) is 32.7 Å². The van der Waals surface area contributed by atoms with Crippen LogP contribution in [-0.4, -0.2) is 25.2 Å². The van der Waals surface area contributed by atoms with Crippen molar-refractivity contribution in [2.75, 3.05) is 11.4 Å². The summed E-state index contributed by atoms with van der Waals surface area (Å²) in [7, 11) is 3.01. The van der Waals surface area contributed by atoms with E-state index in [0.29, 0.717) is 24.6 Å². The number of aryl methyl sites for hydroxylation is 1. The van der Waals surface area contributed by atoms with Crippen molar-refractivity contribution >= 4 is 28.7 Å². The SMILES string of the molecule is Cn1c(=O)c2c(nc(N3CCc4ccccc4C3)n2Cc2cccc(Cl)c2F)n(C)c1=O. The zero-order valence-electron chi connectivity index (χ0n) is 17.7. The molecule has 0 saturated heterocycles. The highest BCUT2D eigenvalue weighted by molar-refractivity contribution is 6.30. The predicted octanol–water partition coefficient (Wildman–Crippen LogP) is 2.84. The molecule has 0 radical (unpaired) electrons. The first-order chi connectivity index (χ1) is 15.4. The highest BCUT2D eigenvalue weighted by Gasteiger charge is 2.26. The monoisotopic (exact) mass is 453 g/mol. The molecule has 0 unspecified atom stereocenters. The van der Waals surface area contributed by atoms with E-state index in [0.717, 1.165) is 11.0 Å². The van der Waals surface area contributed by atoms with E-state index in [1.165, 1.54) is 28.8 Å². The Bertz CT molecular complexity index is 1490. The smallest absolute Gasteiger partial charge is 0.332 e. The predicted molar refractivity (Wildman–Crippen MR) is 122 cm³/mol. The number of halogens is 2. The van der Waals surface area contributed by atoms with Crippen molar-refractivity contribution < 1.29 is 4.39 Å². The second-order valence-corrected chi connectivity index (χ2v) is 8.44. The van der Waals surface area contributed by atoms with Crippen LogP contribution in [0.2, 0.25) is 5.02 Å². The van der Waals surface area contributed by atoms with E-state index in [9.17, 15) is 14.0 Å². The number of imidazole rings is 1. The third-order valence-electron chi connectivity index (χ3n) is 6.10. The Morgan fingerprint density at radius 3 is 2.56 bits per heavy atom. The molecular formula is C23H21ClFN5O2. The zero-order chi connectivity index (χ0) is 22.6. The van der Waals surface area contributed by atoms with E-state index >= 15 is 0 Å². The third-order valence-corrected chi connectivity index (χ3v) is 6.39. The Kier molecular flexibility index (Phi) is 4.89. The molecule has 164 valence electrons. The molecule has 0 aliphatic carbocycles. The van der Waals surface area contributed by atoms with E-state index < -0.39 is 17.1 Å². The van der Waals surface area contributed by atoms with Crippen molar-refractivity contribution in [2.24, 2.45) is 14.1 Å². The maximum absolute atomic E-state index is 14.8. The van der Waals surface area contributed by atoms with Crippen LogP contribution in [0.5, 0.6) is 0 Å². The number of hydrogen-bond donors (Lipinski definition) is 0. The summed E-state index contributed by atoms with van der Waals surface area (Å²) in [5.74, 6) is -0.0141. The molecular weight excluding hydrogens is 433 g/mol. The summed E-state index contributed by atoms with van der Waals surface area (Å²) in [6.07, 6.45) is 0.821. The van der Waals surface area contributed by atoms with Gasteiger partial charge in [-0.3, -0.25) is 18.5 Å². The minimum absolute atomic E-state index is 0.0145. The number of nitrogens with zero attached hydrogens (tertiary/aromatic N) is 5. The maximum atomic E-state index is 14.8. The van der Waals surface area contributed by atoms with Crippen molar-refractivity contribution in [1.82, 2.24) is 18.7 Å². The quantitative estimate of drug-likeness (QED) is 0.478. The highest BCUT2D eigenvalue weighted by Crippen LogP contribution is 2.28. The molecule has 9 heteroatoms. The number of aromatic nitrogens is 4. The standard InChI is InChI=1S/C23H21ClFN5O2/c1-27-20-19(21(31)28(2)23(27)32)30(13-16-8-5-9-17(24)18(16)25)22(26-20)29-11-10-14-6-3-4-7-15(14)12-29/h3-9H,10-13H2,1-2H3. The molecule has 2 aromatic heterocycles. The van der Waals surface area contributed by atoms with Gasteiger partial charge in [-0.1, -0.05) is 48.0 Å².